The van der Waals surface area contributed by atoms with Crippen molar-refractivity contribution in [2.75, 3.05) is 42.9 Å². The largest absolute Gasteiger partial charge is 0.397 e. The SMILES string of the molecule is CCN(c1ccccc1N)S(=O)(=O)N1CCOCC1. The maximum Gasteiger partial charge on any atom is 0.304 e. The Morgan fingerprint density at radius 1 is 1.32 bits per heavy atom. The zero-order chi connectivity index (χ0) is 13.9. The number of hydrogen-bond acceptors (Lipinski definition) is 4. The number of rotatable bonds is 4. The zero-order valence-electron chi connectivity index (χ0n) is 10.9. The second kappa shape index (κ2) is 5.77. The summed E-state index contributed by atoms with van der Waals surface area (Å²) >= 11 is 0. The van der Waals surface area contributed by atoms with E-state index in [1.165, 1.54) is 8.61 Å². The van der Waals surface area contributed by atoms with Crippen LogP contribution in [0.4, 0.5) is 11.4 Å². The van der Waals surface area contributed by atoms with Crippen LogP contribution in [0.25, 0.3) is 0 Å². The molecule has 19 heavy (non-hydrogen) atoms. The Labute approximate surface area is 113 Å². The molecule has 0 aromatic heterocycles. The van der Waals surface area contributed by atoms with Gasteiger partial charge in [0.15, 0.2) is 0 Å². The predicted molar refractivity (Wildman–Crippen MR) is 75.2 cm³/mol. The Hall–Kier alpha value is -1.31. The van der Waals surface area contributed by atoms with Gasteiger partial charge in [-0.3, -0.25) is 4.31 Å². The van der Waals surface area contributed by atoms with Crippen LogP contribution in [0, 0.1) is 0 Å². The Bertz CT molecular complexity index is 527. The van der Waals surface area contributed by atoms with E-state index in [4.69, 9.17) is 10.5 Å². The second-order valence-corrected chi connectivity index (χ2v) is 6.10. The van der Waals surface area contributed by atoms with E-state index in [0.717, 1.165) is 0 Å². The average Bonchev–Trinajstić information content (AvgIpc) is 2.42. The standard InChI is InChI=1S/C12H19N3O3S/c1-2-15(12-6-4-3-5-11(12)13)19(16,17)14-7-9-18-10-8-14/h3-6H,2,7-10,13H2,1H3. The smallest absolute Gasteiger partial charge is 0.304 e. The minimum Gasteiger partial charge on any atom is -0.397 e. The lowest BCUT2D eigenvalue weighted by atomic mass is 10.3. The highest BCUT2D eigenvalue weighted by molar-refractivity contribution is 7.90. The highest BCUT2D eigenvalue weighted by Gasteiger charge is 2.31. The summed E-state index contributed by atoms with van der Waals surface area (Å²) in [5.74, 6) is 0. The van der Waals surface area contributed by atoms with E-state index in [0.29, 0.717) is 44.2 Å². The number of para-hydroxylation sites is 2. The van der Waals surface area contributed by atoms with Crippen LogP contribution in [0.15, 0.2) is 24.3 Å². The first-order valence-corrected chi connectivity index (χ1v) is 7.67. The number of nitrogen functional groups attached to an aromatic ring is 1. The average molecular weight is 285 g/mol. The molecule has 2 N–H and O–H groups in total. The van der Waals surface area contributed by atoms with Crippen molar-refractivity contribution in [1.29, 1.82) is 0 Å². The Balaban J connectivity index is 2.33. The summed E-state index contributed by atoms with van der Waals surface area (Å²) in [4.78, 5) is 0. The van der Waals surface area contributed by atoms with Gasteiger partial charge in [-0.25, -0.2) is 0 Å². The number of anilines is 2. The van der Waals surface area contributed by atoms with Crippen LogP contribution in [-0.2, 0) is 14.9 Å². The number of benzene rings is 1. The summed E-state index contributed by atoms with van der Waals surface area (Å²) < 4.78 is 33.2. The van der Waals surface area contributed by atoms with Crippen molar-refractivity contribution in [3.8, 4) is 0 Å². The van der Waals surface area contributed by atoms with Crippen molar-refractivity contribution in [3.63, 3.8) is 0 Å². The highest BCUT2D eigenvalue weighted by Crippen LogP contribution is 2.26. The third-order valence-electron chi connectivity index (χ3n) is 3.07. The van der Waals surface area contributed by atoms with Crippen molar-refractivity contribution in [1.82, 2.24) is 4.31 Å². The molecule has 0 aliphatic carbocycles. The molecular formula is C12H19N3O3S. The zero-order valence-corrected chi connectivity index (χ0v) is 11.8. The van der Waals surface area contributed by atoms with Gasteiger partial charge >= 0.3 is 10.2 Å². The van der Waals surface area contributed by atoms with Gasteiger partial charge in [-0.2, -0.15) is 12.7 Å². The van der Waals surface area contributed by atoms with Gasteiger partial charge in [-0.05, 0) is 19.1 Å². The van der Waals surface area contributed by atoms with E-state index < -0.39 is 10.2 Å². The summed E-state index contributed by atoms with van der Waals surface area (Å²) in [6.07, 6.45) is 0. The molecule has 1 aromatic rings. The van der Waals surface area contributed by atoms with Crippen LogP contribution in [0.5, 0.6) is 0 Å². The fourth-order valence-corrected chi connectivity index (χ4v) is 3.72. The lowest BCUT2D eigenvalue weighted by Gasteiger charge is -2.33. The van der Waals surface area contributed by atoms with Gasteiger partial charge in [0.25, 0.3) is 0 Å². The summed E-state index contributed by atoms with van der Waals surface area (Å²) in [6.45, 7) is 3.76. The van der Waals surface area contributed by atoms with E-state index in [9.17, 15) is 8.42 Å². The van der Waals surface area contributed by atoms with Crippen LogP contribution >= 0.6 is 0 Å². The van der Waals surface area contributed by atoms with Crippen molar-refractivity contribution >= 4 is 21.6 Å². The van der Waals surface area contributed by atoms with E-state index in [2.05, 4.69) is 0 Å². The molecule has 1 aliphatic heterocycles. The van der Waals surface area contributed by atoms with Gasteiger partial charge in [0.2, 0.25) is 0 Å². The van der Waals surface area contributed by atoms with Crippen LogP contribution in [0.1, 0.15) is 6.92 Å². The molecule has 1 fully saturated rings. The van der Waals surface area contributed by atoms with E-state index >= 15 is 0 Å². The van der Waals surface area contributed by atoms with Crippen molar-refractivity contribution < 1.29 is 13.2 Å². The maximum absolute atomic E-state index is 12.6. The summed E-state index contributed by atoms with van der Waals surface area (Å²) in [5.41, 5.74) is 6.86. The van der Waals surface area contributed by atoms with Crippen LogP contribution in [0.3, 0.4) is 0 Å². The van der Waals surface area contributed by atoms with Gasteiger partial charge in [-0.15, -0.1) is 0 Å². The molecule has 1 heterocycles. The molecule has 1 aliphatic rings. The maximum atomic E-state index is 12.6. The lowest BCUT2D eigenvalue weighted by Crippen LogP contribution is -2.48. The first kappa shape index (κ1) is 14.1. The van der Waals surface area contributed by atoms with E-state index in [1.54, 1.807) is 31.2 Å². The van der Waals surface area contributed by atoms with Crippen LogP contribution < -0.4 is 10.0 Å². The minimum absolute atomic E-state index is 0.341. The Morgan fingerprint density at radius 3 is 2.53 bits per heavy atom. The second-order valence-electron chi connectivity index (χ2n) is 4.24. The molecule has 0 spiro atoms. The van der Waals surface area contributed by atoms with Gasteiger partial charge in [-0.1, -0.05) is 12.1 Å². The summed E-state index contributed by atoms with van der Waals surface area (Å²) in [6, 6.07) is 6.99. The molecule has 106 valence electrons. The van der Waals surface area contributed by atoms with Crippen molar-refractivity contribution in [2.24, 2.45) is 0 Å². The molecule has 6 nitrogen and oxygen atoms in total. The van der Waals surface area contributed by atoms with Crippen molar-refractivity contribution in [2.45, 2.75) is 6.92 Å². The van der Waals surface area contributed by atoms with Crippen LogP contribution in [-0.4, -0.2) is 45.6 Å². The van der Waals surface area contributed by atoms with Gasteiger partial charge in [0, 0.05) is 19.6 Å². The van der Waals surface area contributed by atoms with Crippen LogP contribution in [0.2, 0.25) is 0 Å². The topological polar surface area (TPSA) is 75.9 Å². The molecule has 1 saturated heterocycles. The highest BCUT2D eigenvalue weighted by atomic mass is 32.2. The van der Waals surface area contributed by atoms with Gasteiger partial charge in [0.05, 0.1) is 24.6 Å². The number of morpholine rings is 1. The third kappa shape index (κ3) is 2.83. The molecule has 0 radical (unpaired) electrons. The monoisotopic (exact) mass is 285 g/mol. The molecule has 2 rings (SSSR count). The predicted octanol–water partition coefficient (Wildman–Crippen LogP) is 0.672. The number of nitrogens with two attached hydrogens (primary N) is 1. The molecule has 0 atom stereocenters. The first-order chi connectivity index (χ1) is 9.07. The first-order valence-electron chi connectivity index (χ1n) is 6.27. The summed E-state index contributed by atoms with van der Waals surface area (Å²) in [7, 11) is -3.54. The lowest BCUT2D eigenvalue weighted by molar-refractivity contribution is 0.0729. The Kier molecular flexibility index (Phi) is 4.28. The third-order valence-corrected chi connectivity index (χ3v) is 5.10. The fourth-order valence-electron chi connectivity index (χ4n) is 2.09. The minimum atomic E-state index is -3.54. The molecule has 7 heteroatoms. The van der Waals surface area contributed by atoms with Gasteiger partial charge < -0.3 is 10.5 Å². The number of nitrogens with zero attached hydrogens (tertiary/aromatic N) is 2. The van der Waals surface area contributed by atoms with E-state index in [-0.39, 0.29) is 0 Å². The van der Waals surface area contributed by atoms with Crippen molar-refractivity contribution in [3.05, 3.63) is 24.3 Å². The van der Waals surface area contributed by atoms with E-state index in [1.807, 2.05) is 0 Å². The Morgan fingerprint density at radius 2 is 1.95 bits per heavy atom. The molecule has 0 saturated carbocycles. The molecular weight excluding hydrogens is 266 g/mol. The number of hydrogen-bond donors (Lipinski definition) is 1. The summed E-state index contributed by atoms with van der Waals surface area (Å²) in [5, 5.41) is 0. The fraction of sp³-hybridized carbons (Fsp3) is 0.500. The molecule has 0 amide bonds. The quantitative estimate of drug-likeness (QED) is 0.825. The molecule has 0 unspecified atom stereocenters. The molecule has 1 aromatic carbocycles. The normalized spacial score (nSPS) is 17.3. The number of ether oxygens (including phenoxy) is 1. The molecule has 0 bridgehead atoms. The van der Waals surface area contributed by atoms with Gasteiger partial charge in [0.1, 0.15) is 0 Å².